The largest absolute Gasteiger partial charge is 0.325 e. The Bertz CT molecular complexity index is 570. The van der Waals surface area contributed by atoms with Gasteiger partial charge in [0, 0.05) is 10.5 Å². The lowest BCUT2D eigenvalue weighted by Gasteiger charge is -2.14. The molecule has 0 bridgehead atoms. The Hall–Kier alpha value is -0.900. The third-order valence-electron chi connectivity index (χ3n) is 3.58. The molecule has 0 spiro atoms. The molecule has 2 aromatic rings. The van der Waals surface area contributed by atoms with Gasteiger partial charge in [0.15, 0.2) is 5.82 Å². The third kappa shape index (κ3) is 1.79. The van der Waals surface area contributed by atoms with Crippen molar-refractivity contribution >= 4 is 27.0 Å². The summed E-state index contributed by atoms with van der Waals surface area (Å²) in [5.41, 5.74) is 1.42. The number of rotatable bonds is 1. The minimum absolute atomic E-state index is 0.241. The number of aromatic nitrogens is 2. The van der Waals surface area contributed by atoms with Gasteiger partial charge in [-0.3, -0.25) is 0 Å². The maximum atomic E-state index is 13.8. The maximum Gasteiger partial charge on any atom is 0.152 e. The van der Waals surface area contributed by atoms with E-state index in [1.165, 1.54) is 31.7 Å². The summed E-state index contributed by atoms with van der Waals surface area (Å²) in [6.07, 6.45) is 4.89. The smallest absolute Gasteiger partial charge is 0.152 e. The lowest BCUT2D eigenvalue weighted by Crippen LogP contribution is -2.06. The van der Waals surface area contributed by atoms with Crippen molar-refractivity contribution in [1.82, 2.24) is 9.55 Å². The van der Waals surface area contributed by atoms with Crippen LogP contribution in [0.1, 0.15) is 37.5 Å². The fourth-order valence-electron chi connectivity index (χ4n) is 2.86. The first-order valence-electron chi connectivity index (χ1n) is 6.00. The molecule has 1 fully saturated rings. The van der Waals surface area contributed by atoms with Crippen molar-refractivity contribution in [2.45, 2.75) is 38.6 Å². The van der Waals surface area contributed by atoms with E-state index in [0.717, 1.165) is 15.8 Å². The van der Waals surface area contributed by atoms with Gasteiger partial charge in [-0.2, -0.15) is 0 Å². The lowest BCUT2D eigenvalue weighted by molar-refractivity contribution is 0.520. The normalized spacial score (nSPS) is 17.1. The third-order valence-corrected chi connectivity index (χ3v) is 4.04. The second-order valence-electron chi connectivity index (χ2n) is 4.72. The molecule has 1 aliphatic rings. The van der Waals surface area contributed by atoms with Crippen molar-refractivity contribution in [1.29, 1.82) is 0 Å². The molecule has 3 rings (SSSR count). The second kappa shape index (κ2) is 4.09. The molecule has 1 aromatic carbocycles. The van der Waals surface area contributed by atoms with Crippen LogP contribution in [0.4, 0.5) is 4.39 Å². The predicted molar refractivity (Wildman–Crippen MR) is 69.6 cm³/mol. The number of aryl methyl sites for hydroxylation is 1. The molecule has 0 atom stereocenters. The van der Waals surface area contributed by atoms with Gasteiger partial charge >= 0.3 is 0 Å². The van der Waals surface area contributed by atoms with Crippen molar-refractivity contribution in [3.05, 3.63) is 28.2 Å². The molecule has 0 aliphatic heterocycles. The van der Waals surface area contributed by atoms with Gasteiger partial charge in [0.1, 0.15) is 11.3 Å². The molecule has 0 unspecified atom stereocenters. The fourth-order valence-corrected chi connectivity index (χ4v) is 3.28. The van der Waals surface area contributed by atoms with Crippen LogP contribution in [-0.4, -0.2) is 9.55 Å². The summed E-state index contributed by atoms with van der Waals surface area (Å²) in [6.45, 7) is 1.96. The molecule has 0 radical (unpaired) electrons. The van der Waals surface area contributed by atoms with E-state index in [1.807, 2.05) is 13.0 Å². The molecular formula is C13H14BrFN2. The number of fused-ring (bicyclic) bond motifs is 1. The summed E-state index contributed by atoms with van der Waals surface area (Å²) in [4.78, 5) is 4.37. The summed E-state index contributed by atoms with van der Waals surface area (Å²) >= 11 is 3.35. The van der Waals surface area contributed by atoms with E-state index in [-0.39, 0.29) is 5.82 Å². The Balaban J connectivity index is 2.25. The number of nitrogens with zero attached hydrogens (tertiary/aromatic N) is 2. The van der Waals surface area contributed by atoms with Gasteiger partial charge < -0.3 is 4.57 Å². The standard InChI is InChI=1S/C13H14BrFN2/c1-8-16-13-11(15)6-9(14)7-12(13)17(8)10-4-2-3-5-10/h6-7,10H,2-5H2,1H3. The van der Waals surface area contributed by atoms with Crippen LogP contribution in [0.25, 0.3) is 11.0 Å². The first-order valence-corrected chi connectivity index (χ1v) is 6.79. The van der Waals surface area contributed by atoms with E-state index in [9.17, 15) is 4.39 Å². The van der Waals surface area contributed by atoms with Crippen LogP contribution in [0.2, 0.25) is 0 Å². The summed E-state index contributed by atoms with van der Waals surface area (Å²) in [5.74, 6) is 0.679. The van der Waals surface area contributed by atoms with Crippen LogP contribution in [0.5, 0.6) is 0 Å². The SMILES string of the molecule is Cc1nc2c(F)cc(Br)cc2n1C1CCCC1. The number of hydrogen-bond donors (Lipinski definition) is 0. The van der Waals surface area contributed by atoms with Gasteiger partial charge in [0.2, 0.25) is 0 Å². The lowest BCUT2D eigenvalue weighted by atomic mass is 10.2. The second-order valence-corrected chi connectivity index (χ2v) is 5.64. The Morgan fingerprint density at radius 2 is 2.06 bits per heavy atom. The Kier molecular flexibility index (Phi) is 2.69. The average molecular weight is 297 g/mol. The molecule has 0 N–H and O–H groups in total. The van der Waals surface area contributed by atoms with Crippen LogP contribution in [0, 0.1) is 12.7 Å². The highest BCUT2D eigenvalue weighted by molar-refractivity contribution is 9.10. The van der Waals surface area contributed by atoms with Gasteiger partial charge in [0.25, 0.3) is 0 Å². The van der Waals surface area contributed by atoms with Crippen LogP contribution in [0.15, 0.2) is 16.6 Å². The Morgan fingerprint density at radius 1 is 1.35 bits per heavy atom. The zero-order valence-corrected chi connectivity index (χ0v) is 11.3. The minimum Gasteiger partial charge on any atom is -0.325 e. The summed E-state index contributed by atoms with van der Waals surface area (Å²) < 4.78 is 16.8. The number of halogens is 2. The topological polar surface area (TPSA) is 17.8 Å². The predicted octanol–water partition coefficient (Wildman–Crippen LogP) is 4.36. The van der Waals surface area contributed by atoms with Crippen LogP contribution >= 0.6 is 15.9 Å². The Morgan fingerprint density at radius 3 is 2.76 bits per heavy atom. The molecule has 2 nitrogen and oxygen atoms in total. The molecule has 0 amide bonds. The van der Waals surface area contributed by atoms with E-state index in [4.69, 9.17) is 0 Å². The van der Waals surface area contributed by atoms with E-state index in [0.29, 0.717) is 11.6 Å². The molecule has 4 heteroatoms. The van der Waals surface area contributed by atoms with Crippen molar-refractivity contribution in [2.24, 2.45) is 0 Å². The molecule has 17 heavy (non-hydrogen) atoms. The fraction of sp³-hybridized carbons (Fsp3) is 0.462. The molecular weight excluding hydrogens is 283 g/mol. The molecule has 1 heterocycles. The summed E-state index contributed by atoms with van der Waals surface area (Å²) in [7, 11) is 0. The zero-order valence-electron chi connectivity index (χ0n) is 9.71. The average Bonchev–Trinajstić information content (AvgIpc) is 2.84. The Labute approximate surface area is 108 Å². The van der Waals surface area contributed by atoms with E-state index < -0.39 is 0 Å². The van der Waals surface area contributed by atoms with Gasteiger partial charge in [-0.1, -0.05) is 28.8 Å². The minimum atomic E-state index is -0.241. The van der Waals surface area contributed by atoms with Crippen molar-refractivity contribution < 1.29 is 4.39 Å². The number of imidazole rings is 1. The molecule has 1 aromatic heterocycles. The monoisotopic (exact) mass is 296 g/mol. The summed E-state index contributed by atoms with van der Waals surface area (Å²) in [5, 5.41) is 0. The van der Waals surface area contributed by atoms with Crippen LogP contribution < -0.4 is 0 Å². The van der Waals surface area contributed by atoms with E-state index in [1.54, 1.807) is 0 Å². The van der Waals surface area contributed by atoms with E-state index in [2.05, 4.69) is 25.5 Å². The molecule has 1 aliphatic carbocycles. The summed E-state index contributed by atoms with van der Waals surface area (Å²) in [6, 6.07) is 3.94. The van der Waals surface area contributed by atoms with Crippen molar-refractivity contribution in [2.75, 3.05) is 0 Å². The molecule has 90 valence electrons. The van der Waals surface area contributed by atoms with Gasteiger partial charge in [-0.15, -0.1) is 0 Å². The van der Waals surface area contributed by atoms with Crippen molar-refractivity contribution in [3.8, 4) is 0 Å². The van der Waals surface area contributed by atoms with Gasteiger partial charge in [0.05, 0.1) is 5.52 Å². The van der Waals surface area contributed by atoms with Gasteiger partial charge in [-0.25, -0.2) is 9.37 Å². The number of hydrogen-bond acceptors (Lipinski definition) is 1. The van der Waals surface area contributed by atoms with Crippen LogP contribution in [-0.2, 0) is 0 Å². The highest BCUT2D eigenvalue weighted by Gasteiger charge is 2.22. The molecule has 0 saturated heterocycles. The van der Waals surface area contributed by atoms with Crippen molar-refractivity contribution in [3.63, 3.8) is 0 Å². The highest BCUT2D eigenvalue weighted by atomic mass is 79.9. The quantitative estimate of drug-likeness (QED) is 0.764. The first-order chi connectivity index (χ1) is 8.16. The zero-order chi connectivity index (χ0) is 12.0. The first kappa shape index (κ1) is 11.2. The van der Waals surface area contributed by atoms with Gasteiger partial charge in [-0.05, 0) is 31.9 Å². The maximum absolute atomic E-state index is 13.8. The number of benzene rings is 1. The molecule has 1 saturated carbocycles. The highest BCUT2D eigenvalue weighted by Crippen LogP contribution is 2.34. The van der Waals surface area contributed by atoms with Crippen LogP contribution in [0.3, 0.4) is 0 Å². The van der Waals surface area contributed by atoms with E-state index >= 15 is 0 Å².